The smallest absolute Gasteiger partial charge is 0.407 e. The molecule has 17 heavy (non-hydrogen) atoms. The lowest BCUT2D eigenvalue weighted by Crippen LogP contribution is -2.37. The molecule has 1 amide bonds. The fourth-order valence-electron chi connectivity index (χ4n) is 1.50. The molecule has 1 atom stereocenters. The second-order valence-electron chi connectivity index (χ2n) is 5.47. The molecular formula is C14H27NO2. The van der Waals surface area contributed by atoms with Gasteiger partial charge in [0.15, 0.2) is 0 Å². The Hall–Kier alpha value is -0.990. The third kappa shape index (κ3) is 11.3. The zero-order chi connectivity index (χ0) is 13.3. The molecule has 3 heteroatoms. The summed E-state index contributed by atoms with van der Waals surface area (Å²) in [5.41, 5.74) is -0.423. The summed E-state index contributed by atoms with van der Waals surface area (Å²) in [6.45, 7) is 11.3. The largest absolute Gasteiger partial charge is 0.444 e. The molecular weight excluding hydrogens is 214 g/mol. The zero-order valence-electron chi connectivity index (χ0n) is 11.7. The highest BCUT2D eigenvalue weighted by molar-refractivity contribution is 5.67. The molecule has 0 rings (SSSR count). The summed E-state index contributed by atoms with van der Waals surface area (Å²) in [7, 11) is 0. The van der Waals surface area contributed by atoms with Gasteiger partial charge in [-0.25, -0.2) is 4.79 Å². The van der Waals surface area contributed by atoms with Crippen LogP contribution in [0.1, 0.15) is 59.8 Å². The standard InChI is InChI=1S/C14H27NO2/c1-6-7-8-9-10-11-12(2)15-13(16)17-14(3,4)5/h6,12H,1,7-11H2,2-5H3,(H,15,16)/t12-/m0/s1. The van der Waals surface area contributed by atoms with Gasteiger partial charge in [-0.1, -0.05) is 18.9 Å². The van der Waals surface area contributed by atoms with Gasteiger partial charge >= 0.3 is 6.09 Å². The van der Waals surface area contributed by atoms with E-state index in [1.54, 1.807) is 0 Å². The SMILES string of the molecule is C=CCCCCC[C@H](C)NC(=O)OC(C)(C)C. The summed E-state index contributed by atoms with van der Waals surface area (Å²) in [6.07, 6.45) is 7.20. The Kier molecular flexibility index (Phi) is 7.68. The van der Waals surface area contributed by atoms with E-state index in [9.17, 15) is 4.79 Å². The van der Waals surface area contributed by atoms with E-state index >= 15 is 0 Å². The first-order valence-electron chi connectivity index (χ1n) is 6.45. The first kappa shape index (κ1) is 16.0. The number of carbonyl (C=O) groups is 1. The maximum Gasteiger partial charge on any atom is 0.407 e. The van der Waals surface area contributed by atoms with E-state index in [2.05, 4.69) is 11.9 Å². The van der Waals surface area contributed by atoms with Crippen LogP contribution < -0.4 is 5.32 Å². The number of alkyl carbamates (subject to hydrolysis) is 1. The Morgan fingerprint density at radius 3 is 2.53 bits per heavy atom. The van der Waals surface area contributed by atoms with Gasteiger partial charge in [0.25, 0.3) is 0 Å². The number of rotatable bonds is 7. The van der Waals surface area contributed by atoms with E-state index < -0.39 is 5.60 Å². The molecule has 0 fully saturated rings. The Balaban J connectivity index is 3.60. The monoisotopic (exact) mass is 241 g/mol. The van der Waals surface area contributed by atoms with E-state index in [4.69, 9.17) is 4.74 Å². The van der Waals surface area contributed by atoms with Crippen molar-refractivity contribution in [2.45, 2.75) is 71.4 Å². The number of hydrogen-bond acceptors (Lipinski definition) is 2. The second kappa shape index (κ2) is 8.15. The number of ether oxygens (including phenoxy) is 1. The minimum Gasteiger partial charge on any atom is -0.444 e. The predicted molar refractivity (Wildman–Crippen MR) is 72.1 cm³/mol. The van der Waals surface area contributed by atoms with E-state index in [-0.39, 0.29) is 12.1 Å². The Morgan fingerprint density at radius 2 is 2.00 bits per heavy atom. The lowest BCUT2D eigenvalue weighted by molar-refractivity contribution is 0.0506. The molecule has 1 N–H and O–H groups in total. The van der Waals surface area contributed by atoms with Gasteiger partial charge in [0, 0.05) is 6.04 Å². The van der Waals surface area contributed by atoms with E-state index in [1.807, 2.05) is 33.8 Å². The van der Waals surface area contributed by atoms with E-state index in [0.717, 1.165) is 19.3 Å². The zero-order valence-corrected chi connectivity index (χ0v) is 11.7. The fraction of sp³-hybridized carbons (Fsp3) is 0.786. The Labute approximate surface area is 106 Å². The molecule has 0 aromatic rings. The fourth-order valence-corrected chi connectivity index (χ4v) is 1.50. The van der Waals surface area contributed by atoms with Crippen LogP contribution in [0, 0.1) is 0 Å². The van der Waals surface area contributed by atoms with Crippen LogP contribution in [0.15, 0.2) is 12.7 Å². The Bertz CT molecular complexity index is 231. The average Bonchev–Trinajstić information content (AvgIpc) is 2.14. The second-order valence-corrected chi connectivity index (χ2v) is 5.47. The maximum atomic E-state index is 11.5. The first-order chi connectivity index (χ1) is 7.85. The molecule has 0 saturated carbocycles. The summed E-state index contributed by atoms with van der Waals surface area (Å²) in [6, 6.07) is 0.175. The van der Waals surface area contributed by atoms with Gasteiger partial charge in [0.05, 0.1) is 0 Å². The molecule has 3 nitrogen and oxygen atoms in total. The van der Waals surface area contributed by atoms with Crippen molar-refractivity contribution in [2.75, 3.05) is 0 Å². The van der Waals surface area contributed by atoms with Gasteiger partial charge < -0.3 is 10.1 Å². The van der Waals surface area contributed by atoms with Crippen LogP contribution in [0.5, 0.6) is 0 Å². The third-order valence-electron chi connectivity index (χ3n) is 2.31. The number of allylic oxidation sites excluding steroid dienone is 1. The van der Waals surface area contributed by atoms with Crippen molar-refractivity contribution in [3.05, 3.63) is 12.7 Å². The number of hydrogen-bond donors (Lipinski definition) is 1. The third-order valence-corrected chi connectivity index (χ3v) is 2.31. The maximum absolute atomic E-state index is 11.5. The van der Waals surface area contributed by atoms with Crippen LogP contribution >= 0.6 is 0 Å². The summed E-state index contributed by atoms with van der Waals surface area (Å²) < 4.78 is 5.19. The van der Waals surface area contributed by atoms with Crippen molar-refractivity contribution in [3.63, 3.8) is 0 Å². The number of unbranched alkanes of at least 4 members (excludes halogenated alkanes) is 3. The molecule has 0 spiro atoms. The highest BCUT2D eigenvalue weighted by atomic mass is 16.6. The number of amides is 1. The molecule has 0 aromatic carbocycles. The lowest BCUT2D eigenvalue weighted by atomic mass is 10.1. The molecule has 0 aromatic heterocycles. The molecule has 0 saturated heterocycles. The molecule has 0 aliphatic heterocycles. The van der Waals surface area contributed by atoms with Crippen LogP contribution in [0.4, 0.5) is 4.79 Å². The molecule has 100 valence electrons. The van der Waals surface area contributed by atoms with Gasteiger partial charge in [0.2, 0.25) is 0 Å². The normalized spacial score (nSPS) is 12.9. The molecule has 0 bridgehead atoms. The average molecular weight is 241 g/mol. The van der Waals surface area contributed by atoms with Gasteiger partial charge in [-0.2, -0.15) is 0 Å². The van der Waals surface area contributed by atoms with Crippen molar-refractivity contribution >= 4 is 6.09 Å². The quantitative estimate of drug-likeness (QED) is 0.539. The summed E-state index contributed by atoms with van der Waals surface area (Å²) in [4.78, 5) is 11.5. The topological polar surface area (TPSA) is 38.3 Å². The van der Waals surface area contributed by atoms with Crippen molar-refractivity contribution in [1.29, 1.82) is 0 Å². The van der Waals surface area contributed by atoms with Crippen LogP contribution in [0.2, 0.25) is 0 Å². The van der Waals surface area contributed by atoms with Gasteiger partial charge in [0.1, 0.15) is 5.60 Å². The minimum atomic E-state index is -0.423. The summed E-state index contributed by atoms with van der Waals surface area (Å²) >= 11 is 0. The molecule has 0 aliphatic carbocycles. The van der Waals surface area contributed by atoms with Crippen molar-refractivity contribution in [3.8, 4) is 0 Å². The van der Waals surface area contributed by atoms with E-state index in [1.165, 1.54) is 12.8 Å². The van der Waals surface area contributed by atoms with Crippen LogP contribution in [0.3, 0.4) is 0 Å². The van der Waals surface area contributed by atoms with Gasteiger partial charge in [-0.05, 0) is 47.0 Å². The highest BCUT2D eigenvalue weighted by Crippen LogP contribution is 2.09. The Morgan fingerprint density at radius 1 is 1.35 bits per heavy atom. The van der Waals surface area contributed by atoms with Crippen molar-refractivity contribution in [1.82, 2.24) is 5.32 Å². The van der Waals surface area contributed by atoms with E-state index in [0.29, 0.717) is 0 Å². The molecule has 0 unspecified atom stereocenters. The van der Waals surface area contributed by atoms with Crippen LogP contribution in [-0.2, 0) is 4.74 Å². The number of nitrogens with one attached hydrogen (secondary N) is 1. The minimum absolute atomic E-state index is 0.175. The lowest BCUT2D eigenvalue weighted by Gasteiger charge is -2.21. The van der Waals surface area contributed by atoms with Crippen LogP contribution in [0.25, 0.3) is 0 Å². The summed E-state index contributed by atoms with van der Waals surface area (Å²) in [5, 5.41) is 2.85. The number of carbonyl (C=O) groups excluding carboxylic acids is 1. The van der Waals surface area contributed by atoms with Gasteiger partial charge in [-0.15, -0.1) is 6.58 Å². The predicted octanol–water partition coefficient (Wildman–Crippen LogP) is 4.04. The van der Waals surface area contributed by atoms with Crippen LogP contribution in [-0.4, -0.2) is 17.7 Å². The van der Waals surface area contributed by atoms with Gasteiger partial charge in [-0.3, -0.25) is 0 Å². The molecule has 0 radical (unpaired) electrons. The molecule has 0 aliphatic rings. The first-order valence-corrected chi connectivity index (χ1v) is 6.45. The van der Waals surface area contributed by atoms with Crippen molar-refractivity contribution < 1.29 is 9.53 Å². The summed E-state index contributed by atoms with van der Waals surface area (Å²) in [5.74, 6) is 0. The highest BCUT2D eigenvalue weighted by Gasteiger charge is 2.17. The molecule has 0 heterocycles. The van der Waals surface area contributed by atoms with Crippen molar-refractivity contribution in [2.24, 2.45) is 0 Å².